The summed E-state index contributed by atoms with van der Waals surface area (Å²) < 4.78 is 7.00. The molecule has 176 valence electrons. The molecule has 0 N–H and O–H groups in total. The molecule has 1 atom stereocenters. The van der Waals surface area contributed by atoms with Crippen molar-refractivity contribution in [3.05, 3.63) is 126 Å². The maximum atomic E-state index is 7.00. The Labute approximate surface area is 212 Å². The first kappa shape index (κ1) is 21.3. The molecule has 0 aromatic heterocycles. The van der Waals surface area contributed by atoms with Gasteiger partial charge in [0.15, 0.2) is 5.60 Å². The zero-order chi connectivity index (χ0) is 24.0. The van der Waals surface area contributed by atoms with Gasteiger partial charge < -0.3 is 9.64 Å². The minimum atomic E-state index is -0.667. The SMILES string of the molecule is C1=CC(c2ccccc2)(c2ccc(N3CCCCC3)cc2)Oc2ccc3cc4ccccc4cc3c21. The van der Waals surface area contributed by atoms with Gasteiger partial charge in [0.05, 0.1) is 0 Å². The molecular formula is C34H29NO. The molecule has 36 heavy (non-hydrogen) atoms. The fraction of sp³-hybridized carbons (Fsp3) is 0.176. The Bertz CT molecular complexity index is 1580. The van der Waals surface area contributed by atoms with E-state index >= 15 is 0 Å². The Balaban J connectivity index is 1.35. The summed E-state index contributed by atoms with van der Waals surface area (Å²) in [6.07, 6.45) is 8.41. The van der Waals surface area contributed by atoms with E-state index in [1.54, 1.807) is 0 Å². The lowest BCUT2D eigenvalue weighted by molar-refractivity contribution is 0.161. The van der Waals surface area contributed by atoms with E-state index in [1.165, 1.54) is 46.5 Å². The third-order valence-electron chi connectivity index (χ3n) is 7.86. The van der Waals surface area contributed by atoms with Crippen molar-refractivity contribution in [2.75, 3.05) is 18.0 Å². The molecule has 2 aliphatic rings. The van der Waals surface area contributed by atoms with Crippen LogP contribution in [0.25, 0.3) is 27.6 Å². The highest BCUT2D eigenvalue weighted by Gasteiger charge is 2.37. The van der Waals surface area contributed by atoms with Gasteiger partial charge >= 0.3 is 0 Å². The fourth-order valence-electron chi connectivity index (χ4n) is 5.92. The van der Waals surface area contributed by atoms with E-state index in [2.05, 4.69) is 120 Å². The summed E-state index contributed by atoms with van der Waals surface area (Å²) in [6.45, 7) is 2.30. The molecule has 1 unspecified atom stereocenters. The third-order valence-corrected chi connectivity index (χ3v) is 7.86. The molecular weight excluding hydrogens is 438 g/mol. The summed E-state index contributed by atoms with van der Waals surface area (Å²) in [5.41, 5.74) is 4.07. The average molecular weight is 468 g/mol. The van der Waals surface area contributed by atoms with Crippen molar-refractivity contribution >= 4 is 33.3 Å². The van der Waals surface area contributed by atoms with Crippen LogP contribution in [0.15, 0.2) is 109 Å². The van der Waals surface area contributed by atoms with Crippen molar-refractivity contribution in [1.29, 1.82) is 0 Å². The van der Waals surface area contributed by atoms with Gasteiger partial charge in [-0.15, -0.1) is 0 Å². The van der Waals surface area contributed by atoms with Gasteiger partial charge in [0.2, 0.25) is 0 Å². The number of piperidine rings is 1. The van der Waals surface area contributed by atoms with Crippen LogP contribution in [0.2, 0.25) is 0 Å². The molecule has 2 aliphatic heterocycles. The standard InChI is InChI=1S/C34H29NO/c1-3-11-28(12-4-1)34(29-14-16-30(17-15-29)35-21-7-2-8-22-35)20-19-31-32-24-26-10-6-5-9-25(26)23-27(32)13-18-33(31)36-34/h1,3-6,9-20,23-24H,2,7-8,21-22H2. The molecule has 2 heteroatoms. The molecule has 0 radical (unpaired) electrons. The van der Waals surface area contributed by atoms with E-state index in [1.807, 2.05) is 0 Å². The molecule has 5 aromatic carbocycles. The number of ether oxygens (including phenoxy) is 1. The van der Waals surface area contributed by atoms with Crippen LogP contribution in [0.4, 0.5) is 5.69 Å². The number of nitrogens with zero attached hydrogens (tertiary/aromatic N) is 1. The monoisotopic (exact) mass is 467 g/mol. The molecule has 2 nitrogen and oxygen atoms in total. The molecule has 5 aromatic rings. The van der Waals surface area contributed by atoms with Crippen LogP contribution in [-0.2, 0) is 5.60 Å². The van der Waals surface area contributed by atoms with E-state index < -0.39 is 5.60 Å². The highest BCUT2D eigenvalue weighted by molar-refractivity contribution is 6.03. The summed E-state index contributed by atoms with van der Waals surface area (Å²) >= 11 is 0. The zero-order valence-electron chi connectivity index (χ0n) is 20.4. The Hall–Kier alpha value is -4.04. The molecule has 2 heterocycles. The topological polar surface area (TPSA) is 12.5 Å². The van der Waals surface area contributed by atoms with Gasteiger partial charge in [0.1, 0.15) is 5.75 Å². The number of anilines is 1. The van der Waals surface area contributed by atoms with E-state index in [4.69, 9.17) is 4.74 Å². The number of hydrogen-bond donors (Lipinski definition) is 0. The zero-order valence-corrected chi connectivity index (χ0v) is 20.4. The first-order valence-electron chi connectivity index (χ1n) is 13.0. The predicted octanol–water partition coefficient (Wildman–Crippen LogP) is 8.33. The van der Waals surface area contributed by atoms with Crippen molar-refractivity contribution in [3.8, 4) is 5.75 Å². The first-order valence-corrected chi connectivity index (χ1v) is 13.0. The van der Waals surface area contributed by atoms with Crippen LogP contribution < -0.4 is 9.64 Å². The molecule has 7 rings (SSSR count). The van der Waals surface area contributed by atoms with Crippen LogP contribution in [-0.4, -0.2) is 13.1 Å². The Morgan fingerprint density at radius 1 is 0.611 bits per heavy atom. The van der Waals surface area contributed by atoms with E-state index in [9.17, 15) is 0 Å². The predicted molar refractivity (Wildman–Crippen MR) is 151 cm³/mol. The van der Waals surface area contributed by atoms with Gasteiger partial charge in [-0.3, -0.25) is 0 Å². The van der Waals surface area contributed by atoms with Crippen molar-refractivity contribution < 1.29 is 4.74 Å². The Kier molecular flexibility index (Phi) is 5.06. The molecule has 0 bridgehead atoms. The van der Waals surface area contributed by atoms with Gasteiger partial charge in [0.25, 0.3) is 0 Å². The van der Waals surface area contributed by atoms with E-state index in [-0.39, 0.29) is 0 Å². The largest absolute Gasteiger partial charge is 0.473 e. The molecule has 1 fully saturated rings. The van der Waals surface area contributed by atoms with E-state index in [0.29, 0.717) is 0 Å². The van der Waals surface area contributed by atoms with Crippen molar-refractivity contribution in [1.82, 2.24) is 0 Å². The average Bonchev–Trinajstić information content (AvgIpc) is 2.97. The Morgan fingerprint density at radius 2 is 1.31 bits per heavy atom. The number of hydrogen-bond acceptors (Lipinski definition) is 2. The Morgan fingerprint density at radius 3 is 2.08 bits per heavy atom. The van der Waals surface area contributed by atoms with Gasteiger partial charge in [-0.1, -0.05) is 72.8 Å². The smallest absolute Gasteiger partial charge is 0.178 e. The van der Waals surface area contributed by atoms with Crippen LogP contribution >= 0.6 is 0 Å². The van der Waals surface area contributed by atoms with Crippen LogP contribution in [0.1, 0.15) is 36.0 Å². The lowest BCUT2D eigenvalue weighted by atomic mass is 9.83. The number of rotatable bonds is 3. The minimum absolute atomic E-state index is 0.667. The second-order valence-corrected chi connectivity index (χ2v) is 10.0. The van der Waals surface area contributed by atoms with E-state index in [0.717, 1.165) is 35.5 Å². The lowest BCUT2D eigenvalue weighted by Crippen LogP contribution is -2.34. The number of benzene rings is 5. The summed E-state index contributed by atoms with van der Waals surface area (Å²) in [5, 5.41) is 4.97. The third kappa shape index (κ3) is 3.48. The van der Waals surface area contributed by atoms with Gasteiger partial charge in [-0.2, -0.15) is 0 Å². The van der Waals surface area contributed by atoms with Crippen molar-refractivity contribution in [2.45, 2.75) is 24.9 Å². The van der Waals surface area contributed by atoms with Crippen LogP contribution in [0.3, 0.4) is 0 Å². The van der Waals surface area contributed by atoms with Crippen molar-refractivity contribution in [3.63, 3.8) is 0 Å². The summed E-state index contributed by atoms with van der Waals surface area (Å²) in [4.78, 5) is 2.51. The van der Waals surface area contributed by atoms with Crippen LogP contribution in [0, 0.1) is 0 Å². The van der Waals surface area contributed by atoms with Crippen molar-refractivity contribution in [2.24, 2.45) is 0 Å². The molecule has 0 spiro atoms. The molecule has 0 saturated carbocycles. The molecule has 1 saturated heterocycles. The fourth-order valence-corrected chi connectivity index (χ4v) is 5.92. The first-order chi connectivity index (χ1) is 17.8. The second-order valence-electron chi connectivity index (χ2n) is 10.0. The summed E-state index contributed by atoms with van der Waals surface area (Å²) in [6, 6.07) is 37.1. The lowest BCUT2D eigenvalue weighted by Gasteiger charge is -2.37. The minimum Gasteiger partial charge on any atom is -0.473 e. The number of fused-ring (bicyclic) bond motifs is 4. The maximum Gasteiger partial charge on any atom is 0.178 e. The molecule has 0 amide bonds. The molecule has 0 aliphatic carbocycles. The highest BCUT2D eigenvalue weighted by atomic mass is 16.5. The summed E-state index contributed by atoms with van der Waals surface area (Å²) in [7, 11) is 0. The van der Waals surface area contributed by atoms with Gasteiger partial charge in [0, 0.05) is 35.5 Å². The quantitative estimate of drug-likeness (QED) is 0.247. The maximum absolute atomic E-state index is 7.00. The second kappa shape index (κ2) is 8.57. The highest BCUT2D eigenvalue weighted by Crippen LogP contribution is 2.45. The normalized spacial score (nSPS) is 19.3. The van der Waals surface area contributed by atoms with Crippen LogP contribution in [0.5, 0.6) is 5.75 Å². The van der Waals surface area contributed by atoms with Gasteiger partial charge in [-0.25, -0.2) is 0 Å². The summed E-state index contributed by atoms with van der Waals surface area (Å²) in [5.74, 6) is 0.921. The van der Waals surface area contributed by atoms with Gasteiger partial charge in [-0.05, 0) is 83.3 Å².